The Kier molecular flexibility index (Phi) is 6.03. The summed E-state index contributed by atoms with van der Waals surface area (Å²) >= 11 is 0. The number of nitrogens with one attached hydrogen (secondary N) is 1. The molecule has 1 aliphatic rings. The summed E-state index contributed by atoms with van der Waals surface area (Å²) in [4.78, 5) is 15.6. The minimum absolute atomic E-state index is 0.00762. The van der Waals surface area contributed by atoms with Gasteiger partial charge in [-0.15, -0.1) is 0 Å². The van der Waals surface area contributed by atoms with Gasteiger partial charge in [0.25, 0.3) is 0 Å². The second-order valence-corrected chi connectivity index (χ2v) is 7.16. The minimum atomic E-state index is -0.489. The highest BCUT2D eigenvalue weighted by Crippen LogP contribution is 2.39. The van der Waals surface area contributed by atoms with E-state index in [2.05, 4.69) is 25.4 Å². The van der Waals surface area contributed by atoms with Crippen molar-refractivity contribution < 1.29 is 19.4 Å². The molecule has 2 heterocycles. The second kappa shape index (κ2) is 9.04. The lowest BCUT2D eigenvalue weighted by Crippen LogP contribution is -2.46. The summed E-state index contributed by atoms with van der Waals surface area (Å²) in [5, 5.41) is 31.5. The van der Waals surface area contributed by atoms with Crippen LogP contribution in [0.3, 0.4) is 0 Å². The van der Waals surface area contributed by atoms with Crippen LogP contribution in [-0.4, -0.2) is 66.8 Å². The number of nitro benzene ring substituents is 1. The number of aromatic nitrogens is 2. The topological polar surface area (TPSA) is 130 Å². The van der Waals surface area contributed by atoms with E-state index >= 15 is 0 Å². The molecule has 1 saturated heterocycles. The summed E-state index contributed by atoms with van der Waals surface area (Å²) in [6.07, 6.45) is 0.471. The monoisotopic (exact) mass is 428 g/mol. The summed E-state index contributed by atoms with van der Waals surface area (Å²) in [5.74, 6) is 0.824. The molecule has 2 aromatic carbocycles. The molecule has 0 amide bonds. The molecule has 0 saturated carbocycles. The number of rotatable bonds is 8. The molecule has 11 nitrogen and oxygen atoms in total. The van der Waals surface area contributed by atoms with E-state index in [-0.39, 0.29) is 17.8 Å². The van der Waals surface area contributed by atoms with Crippen LogP contribution in [0, 0.1) is 10.1 Å². The Morgan fingerprint density at radius 2 is 1.84 bits per heavy atom. The standard InChI is InChI=1S/C20H24N6O5/c1-30-17-6-3-2-5-15(17)24-8-10-25(11-9-24)16-13-14(21-7-4-12-27)20(26(28)29)19-18(16)22-31-23-19/h2-3,5-6,13,21,27H,4,7-12H2,1H3. The molecule has 4 rings (SSSR count). The molecule has 164 valence electrons. The number of benzene rings is 2. The van der Waals surface area contributed by atoms with Crippen LogP contribution in [0.1, 0.15) is 6.42 Å². The van der Waals surface area contributed by atoms with Gasteiger partial charge in [0.1, 0.15) is 11.4 Å². The van der Waals surface area contributed by atoms with Crippen LogP contribution in [-0.2, 0) is 0 Å². The zero-order chi connectivity index (χ0) is 21.8. The van der Waals surface area contributed by atoms with Gasteiger partial charge in [-0.1, -0.05) is 12.1 Å². The fourth-order valence-electron chi connectivity index (χ4n) is 3.86. The zero-order valence-corrected chi connectivity index (χ0v) is 17.2. The van der Waals surface area contributed by atoms with Crippen LogP contribution in [0.2, 0.25) is 0 Å². The number of hydrogen-bond acceptors (Lipinski definition) is 10. The first-order chi connectivity index (χ1) is 15.1. The molecule has 1 aromatic heterocycles. The Morgan fingerprint density at radius 3 is 2.52 bits per heavy atom. The molecule has 0 radical (unpaired) electrons. The Balaban J connectivity index is 1.62. The number of methoxy groups -OCH3 is 1. The molecular weight excluding hydrogens is 404 g/mol. The molecule has 0 aliphatic carbocycles. The van der Waals surface area contributed by atoms with Crippen molar-refractivity contribution in [2.24, 2.45) is 0 Å². The number of nitro groups is 1. The van der Waals surface area contributed by atoms with Crippen molar-refractivity contribution in [1.29, 1.82) is 0 Å². The third kappa shape index (κ3) is 4.04. The van der Waals surface area contributed by atoms with Crippen molar-refractivity contribution in [2.75, 3.05) is 61.6 Å². The van der Waals surface area contributed by atoms with Gasteiger partial charge in [-0.3, -0.25) is 10.1 Å². The van der Waals surface area contributed by atoms with Crippen molar-refractivity contribution >= 4 is 33.8 Å². The minimum Gasteiger partial charge on any atom is -0.495 e. The van der Waals surface area contributed by atoms with Crippen LogP contribution < -0.4 is 19.9 Å². The lowest BCUT2D eigenvalue weighted by molar-refractivity contribution is -0.382. The number of anilines is 3. The van der Waals surface area contributed by atoms with Crippen molar-refractivity contribution in [3.63, 3.8) is 0 Å². The Bertz CT molecular complexity index is 1060. The number of ether oxygens (including phenoxy) is 1. The normalized spacial score (nSPS) is 14.1. The highest BCUT2D eigenvalue weighted by atomic mass is 16.6. The summed E-state index contributed by atoms with van der Waals surface area (Å²) in [6.45, 7) is 3.26. The molecule has 1 aliphatic heterocycles. The van der Waals surface area contributed by atoms with Gasteiger partial charge in [-0.25, -0.2) is 4.63 Å². The Morgan fingerprint density at radius 1 is 1.16 bits per heavy atom. The summed E-state index contributed by atoms with van der Waals surface area (Å²) in [5.41, 5.74) is 2.40. The van der Waals surface area contributed by atoms with Crippen LogP contribution >= 0.6 is 0 Å². The number of aliphatic hydroxyl groups excluding tert-OH is 1. The van der Waals surface area contributed by atoms with Crippen LogP contribution in [0.25, 0.3) is 11.0 Å². The lowest BCUT2D eigenvalue weighted by Gasteiger charge is -2.37. The summed E-state index contributed by atoms with van der Waals surface area (Å²) in [7, 11) is 1.66. The third-order valence-electron chi connectivity index (χ3n) is 5.37. The maximum absolute atomic E-state index is 11.7. The van der Waals surface area contributed by atoms with Gasteiger partial charge in [0.05, 0.1) is 23.4 Å². The van der Waals surface area contributed by atoms with E-state index in [1.54, 1.807) is 13.2 Å². The first-order valence-corrected chi connectivity index (χ1v) is 10.1. The van der Waals surface area contributed by atoms with Crippen LogP contribution in [0.15, 0.2) is 35.0 Å². The van der Waals surface area contributed by atoms with Crippen molar-refractivity contribution in [3.8, 4) is 5.75 Å². The molecule has 3 aromatic rings. The Hall–Kier alpha value is -3.60. The first kappa shape index (κ1) is 20.7. The van der Waals surface area contributed by atoms with Crippen LogP contribution in [0.5, 0.6) is 5.75 Å². The van der Waals surface area contributed by atoms with E-state index in [0.717, 1.165) is 30.2 Å². The van der Waals surface area contributed by atoms with E-state index in [1.165, 1.54) is 0 Å². The van der Waals surface area contributed by atoms with Crippen molar-refractivity contribution in [3.05, 3.63) is 40.4 Å². The number of nitrogens with zero attached hydrogens (tertiary/aromatic N) is 5. The lowest BCUT2D eigenvalue weighted by atomic mass is 10.1. The molecule has 0 spiro atoms. The summed E-state index contributed by atoms with van der Waals surface area (Å²) < 4.78 is 10.3. The highest BCUT2D eigenvalue weighted by molar-refractivity contribution is 5.99. The maximum Gasteiger partial charge on any atom is 0.323 e. The number of piperazine rings is 1. The molecule has 2 N–H and O–H groups in total. The van der Waals surface area contributed by atoms with E-state index in [4.69, 9.17) is 14.5 Å². The largest absolute Gasteiger partial charge is 0.495 e. The third-order valence-corrected chi connectivity index (χ3v) is 5.37. The van der Waals surface area contributed by atoms with Crippen molar-refractivity contribution in [1.82, 2.24) is 10.3 Å². The van der Waals surface area contributed by atoms with Gasteiger partial charge in [0.15, 0.2) is 5.52 Å². The number of para-hydroxylation sites is 2. The molecule has 0 unspecified atom stereocenters. The van der Waals surface area contributed by atoms with E-state index in [1.807, 2.05) is 24.3 Å². The molecule has 11 heteroatoms. The maximum atomic E-state index is 11.7. The first-order valence-electron chi connectivity index (χ1n) is 10.1. The number of hydrogen-bond donors (Lipinski definition) is 2. The van der Waals surface area contributed by atoms with E-state index < -0.39 is 4.92 Å². The summed E-state index contributed by atoms with van der Waals surface area (Å²) in [6, 6.07) is 9.61. The number of fused-ring (bicyclic) bond motifs is 1. The number of aliphatic hydroxyl groups is 1. The zero-order valence-electron chi connectivity index (χ0n) is 17.2. The molecule has 1 fully saturated rings. The quantitative estimate of drug-likeness (QED) is 0.313. The van der Waals surface area contributed by atoms with E-state index in [0.29, 0.717) is 37.3 Å². The predicted octanol–water partition coefficient (Wildman–Crippen LogP) is 2.26. The van der Waals surface area contributed by atoms with Gasteiger partial charge < -0.3 is 25.0 Å². The molecule has 31 heavy (non-hydrogen) atoms. The van der Waals surface area contributed by atoms with Gasteiger partial charge in [0.2, 0.25) is 5.52 Å². The van der Waals surface area contributed by atoms with Crippen LogP contribution in [0.4, 0.5) is 22.7 Å². The molecule has 0 bridgehead atoms. The molecule has 0 atom stereocenters. The second-order valence-electron chi connectivity index (χ2n) is 7.16. The van der Waals surface area contributed by atoms with E-state index in [9.17, 15) is 10.1 Å². The van der Waals surface area contributed by atoms with Gasteiger partial charge in [0, 0.05) is 39.3 Å². The van der Waals surface area contributed by atoms with Gasteiger partial charge >= 0.3 is 5.69 Å². The molecular formula is C20H24N6O5. The van der Waals surface area contributed by atoms with Gasteiger partial charge in [-0.2, -0.15) is 0 Å². The smallest absolute Gasteiger partial charge is 0.323 e. The SMILES string of the molecule is COc1ccccc1N1CCN(c2cc(NCCCO)c([N+](=O)[O-])c3nonc23)CC1. The van der Waals surface area contributed by atoms with Gasteiger partial charge in [-0.05, 0) is 34.9 Å². The van der Waals surface area contributed by atoms with Crippen molar-refractivity contribution in [2.45, 2.75) is 6.42 Å². The fraction of sp³-hybridized carbons (Fsp3) is 0.400. The average molecular weight is 428 g/mol. The Labute approximate surface area is 178 Å². The fourth-order valence-corrected chi connectivity index (χ4v) is 3.86. The predicted molar refractivity (Wildman–Crippen MR) is 116 cm³/mol. The average Bonchev–Trinajstić information content (AvgIpc) is 3.28. The highest BCUT2D eigenvalue weighted by Gasteiger charge is 2.29.